The Kier molecular flexibility index (Phi) is 9.44. The van der Waals surface area contributed by atoms with Crippen LogP contribution < -0.4 is 0 Å². The van der Waals surface area contributed by atoms with Crippen molar-refractivity contribution in [3.63, 3.8) is 0 Å². The van der Waals surface area contributed by atoms with Crippen LogP contribution in [-0.2, 0) is 14.4 Å². The highest BCUT2D eigenvalue weighted by Crippen LogP contribution is 2.44. The lowest BCUT2D eigenvalue weighted by molar-refractivity contribution is -0.127. The smallest absolute Gasteiger partial charge is 0.164 e. The summed E-state index contributed by atoms with van der Waals surface area (Å²) in [5.74, 6) is 2.05. The summed E-state index contributed by atoms with van der Waals surface area (Å²) in [6.07, 6.45) is 12.3. The third-order valence-corrected chi connectivity index (χ3v) is 8.32. The first kappa shape index (κ1) is 26.3. The minimum Gasteiger partial charge on any atom is -0.299 e. The van der Waals surface area contributed by atoms with Gasteiger partial charge in [-0.15, -0.1) is 0 Å². The van der Waals surface area contributed by atoms with E-state index in [1.165, 1.54) is 45.4 Å². The largest absolute Gasteiger partial charge is 0.299 e. The Morgan fingerprint density at radius 3 is 1.92 bits per heavy atom. The highest BCUT2D eigenvalue weighted by atomic mass is 16.1. The first-order valence-corrected chi connectivity index (χ1v) is 14.0. The number of carbonyl (C=O) groups excluding carboxylic acids is 3. The Bertz CT molecular complexity index is 1060. The van der Waals surface area contributed by atoms with Gasteiger partial charge < -0.3 is 0 Å². The summed E-state index contributed by atoms with van der Waals surface area (Å²) in [7, 11) is 0. The van der Waals surface area contributed by atoms with E-state index in [-0.39, 0.29) is 17.5 Å². The maximum absolute atomic E-state index is 13.5. The number of rotatable bonds is 11. The van der Waals surface area contributed by atoms with Gasteiger partial charge in [-0.2, -0.15) is 0 Å². The van der Waals surface area contributed by atoms with Crippen molar-refractivity contribution < 1.29 is 14.4 Å². The number of carbonyl (C=O) groups is 3. The molecule has 3 atom stereocenters. The van der Waals surface area contributed by atoms with Gasteiger partial charge in [0.05, 0.1) is 0 Å². The number of fused-ring (bicyclic) bond motifs is 1. The molecule has 0 spiro atoms. The standard InChI is InChI=1S/C33H40O3/c1-24(34)32(26-15-5-2-6-16-26)33(27-17-7-3-8-18-27)31(36)23-10-4-9-22-30(35)29-21-13-19-25-14-11-12-20-28(25)29/h2-3,5-8,15-18,25,28-29H,4,9-14,19-23H2,1H3. The van der Waals surface area contributed by atoms with Gasteiger partial charge in [-0.1, -0.05) is 99.2 Å². The van der Waals surface area contributed by atoms with Crippen molar-refractivity contribution in [3.8, 4) is 0 Å². The number of benzene rings is 2. The normalized spacial score (nSPS) is 22.3. The summed E-state index contributed by atoms with van der Waals surface area (Å²) in [5, 5.41) is 0. The molecule has 0 heterocycles. The van der Waals surface area contributed by atoms with Crippen molar-refractivity contribution in [1.29, 1.82) is 0 Å². The summed E-state index contributed by atoms with van der Waals surface area (Å²) in [6, 6.07) is 19.0. The Morgan fingerprint density at radius 2 is 1.25 bits per heavy atom. The topological polar surface area (TPSA) is 51.2 Å². The molecule has 2 aliphatic carbocycles. The second-order valence-electron chi connectivity index (χ2n) is 10.7. The Labute approximate surface area is 216 Å². The molecule has 3 unspecified atom stereocenters. The molecule has 0 amide bonds. The van der Waals surface area contributed by atoms with E-state index in [0.29, 0.717) is 35.7 Å². The molecular formula is C33H40O3. The van der Waals surface area contributed by atoms with Crippen molar-refractivity contribution in [2.45, 2.75) is 84.0 Å². The molecule has 2 aliphatic rings. The number of ketones is 3. The Balaban J connectivity index is 1.37. The van der Waals surface area contributed by atoms with Gasteiger partial charge in [0.25, 0.3) is 0 Å². The van der Waals surface area contributed by atoms with Gasteiger partial charge in [0.2, 0.25) is 0 Å². The van der Waals surface area contributed by atoms with Crippen molar-refractivity contribution >= 4 is 28.5 Å². The van der Waals surface area contributed by atoms with Crippen LogP contribution in [0.1, 0.15) is 95.1 Å². The van der Waals surface area contributed by atoms with Crippen LogP contribution in [0.5, 0.6) is 0 Å². The van der Waals surface area contributed by atoms with Crippen LogP contribution in [0.4, 0.5) is 0 Å². The van der Waals surface area contributed by atoms with Gasteiger partial charge in [-0.05, 0) is 55.6 Å². The van der Waals surface area contributed by atoms with E-state index in [0.717, 1.165) is 42.7 Å². The fourth-order valence-corrected chi connectivity index (χ4v) is 6.59. The number of unbranched alkanes of at least 4 members (excludes halogenated alkanes) is 2. The van der Waals surface area contributed by atoms with Crippen molar-refractivity contribution in [3.05, 3.63) is 71.8 Å². The quantitative estimate of drug-likeness (QED) is 0.185. The lowest BCUT2D eigenvalue weighted by atomic mass is 9.64. The SMILES string of the molecule is CC(=O)C(=C(C(=O)CCCCCC(=O)C1CCCC2CCCCC21)c1ccccc1)c1ccccc1. The molecule has 190 valence electrons. The van der Waals surface area contributed by atoms with E-state index in [1.807, 2.05) is 60.7 Å². The predicted molar refractivity (Wildman–Crippen MR) is 146 cm³/mol. The van der Waals surface area contributed by atoms with Gasteiger partial charge in [-0.25, -0.2) is 0 Å². The lowest BCUT2D eigenvalue weighted by Crippen LogP contribution is -2.35. The zero-order valence-electron chi connectivity index (χ0n) is 21.7. The fraction of sp³-hybridized carbons (Fsp3) is 0.485. The number of hydrogen-bond acceptors (Lipinski definition) is 3. The molecule has 2 fully saturated rings. The van der Waals surface area contributed by atoms with Crippen LogP contribution in [0.2, 0.25) is 0 Å². The molecule has 0 N–H and O–H groups in total. The van der Waals surface area contributed by atoms with Crippen LogP contribution in [-0.4, -0.2) is 17.3 Å². The molecule has 36 heavy (non-hydrogen) atoms. The van der Waals surface area contributed by atoms with E-state index >= 15 is 0 Å². The van der Waals surface area contributed by atoms with Gasteiger partial charge in [-0.3, -0.25) is 14.4 Å². The van der Waals surface area contributed by atoms with Gasteiger partial charge >= 0.3 is 0 Å². The minimum atomic E-state index is -0.104. The highest BCUT2D eigenvalue weighted by Gasteiger charge is 2.37. The van der Waals surface area contributed by atoms with Crippen molar-refractivity contribution in [2.75, 3.05) is 0 Å². The molecule has 0 bridgehead atoms. The molecule has 3 heteroatoms. The molecule has 3 nitrogen and oxygen atoms in total. The van der Waals surface area contributed by atoms with E-state index in [2.05, 4.69) is 0 Å². The molecule has 2 aromatic rings. The van der Waals surface area contributed by atoms with Crippen molar-refractivity contribution in [2.24, 2.45) is 17.8 Å². The Morgan fingerprint density at radius 1 is 0.667 bits per heavy atom. The predicted octanol–water partition coefficient (Wildman–Crippen LogP) is 7.88. The van der Waals surface area contributed by atoms with E-state index in [9.17, 15) is 14.4 Å². The minimum absolute atomic E-state index is 0.00101. The molecule has 0 radical (unpaired) electrons. The maximum Gasteiger partial charge on any atom is 0.164 e. The highest BCUT2D eigenvalue weighted by molar-refractivity contribution is 6.40. The van der Waals surface area contributed by atoms with Crippen molar-refractivity contribution in [1.82, 2.24) is 0 Å². The number of Topliss-reactive ketones (excluding diaryl/α,β-unsaturated/α-hetero) is 3. The first-order chi connectivity index (χ1) is 17.6. The first-order valence-electron chi connectivity index (χ1n) is 14.0. The summed E-state index contributed by atoms with van der Waals surface area (Å²) in [4.78, 5) is 39.3. The van der Waals surface area contributed by atoms with Gasteiger partial charge in [0, 0.05) is 29.9 Å². The van der Waals surface area contributed by atoms with E-state index in [1.54, 1.807) is 0 Å². The van der Waals surface area contributed by atoms with Crippen LogP contribution >= 0.6 is 0 Å². The second-order valence-corrected chi connectivity index (χ2v) is 10.7. The molecule has 2 saturated carbocycles. The zero-order chi connectivity index (χ0) is 25.3. The average Bonchev–Trinajstić information content (AvgIpc) is 2.91. The second kappa shape index (κ2) is 12.9. The molecule has 4 rings (SSSR count). The summed E-state index contributed by atoms with van der Waals surface area (Å²) < 4.78 is 0. The maximum atomic E-state index is 13.5. The molecule has 0 aromatic heterocycles. The van der Waals surface area contributed by atoms with Gasteiger partial charge in [0.1, 0.15) is 5.78 Å². The monoisotopic (exact) mass is 484 g/mol. The lowest BCUT2D eigenvalue weighted by Gasteiger charge is -2.40. The third-order valence-electron chi connectivity index (χ3n) is 8.32. The average molecular weight is 485 g/mol. The van der Waals surface area contributed by atoms with Crippen LogP contribution in [0.3, 0.4) is 0 Å². The van der Waals surface area contributed by atoms with Gasteiger partial charge in [0.15, 0.2) is 11.6 Å². The van der Waals surface area contributed by atoms with Crippen LogP contribution in [0.25, 0.3) is 11.1 Å². The molecule has 0 saturated heterocycles. The van der Waals surface area contributed by atoms with E-state index < -0.39 is 0 Å². The third kappa shape index (κ3) is 6.49. The Hall–Kier alpha value is -2.81. The molecule has 2 aromatic carbocycles. The summed E-state index contributed by atoms with van der Waals surface area (Å²) in [5.41, 5.74) is 2.56. The number of hydrogen-bond donors (Lipinski definition) is 0. The van der Waals surface area contributed by atoms with Crippen LogP contribution in [0.15, 0.2) is 60.7 Å². The fourth-order valence-electron chi connectivity index (χ4n) is 6.59. The number of allylic oxidation sites excluding steroid dienone is 2. The van der Waals surface area contributed by atoms with Crippen LogP contribution in [0, 0.1) is 17.8 Å². The van der Waals surface area contributed by atoms with E-state index in [4.69, 9.17) is 0 Å². The summed E-state index contributed by atoms with van der Waals surface area (Å²) >= 11 is 0. The molecular weight excluding hydrogens is 444 g/mol. The zero-order valence-corrected chi connectivity index (χ0v) is 21.7. The summed E-state index contributed by atoms with van der Waals surface area (Å²) in [6.45, 7) is 1.53. The molecule has 0 aliphatic heterocycles.